The lowest BCUT2D eigenvalue weighted by atomic mass is 10.1. The number of esters is 1. The van der Waals surface area contributed by atoms with Crippen molar-refractivity contribution in [2.24, 2.45) is 0 Å². The molecular weight excluding hydrogens is 318 g/mol. The highest BCUT2D eigenvalue weighted by molar-refractivity contribution is 5.81. The predicted octanol–water partition coefficient (Wildman–Crippen LogP) is 1.11. The number of hydrogen-bond donors (Lipinski definition) is 2. The van der Waals surface area contributed by atoms with Gasteiger partial charge in [-0.3, -0.25) is 0 Å². The number of carbonyl (C=O) groups is 2. The second kappa shape index (κ2) is 10.3. The number of ether oxygens (including phenoxy) is 4. The van der Waals surface area contributed by atoms with Gasteiger partial charge in [0.2, 0.25) is 0 Å². The maximum atomic E-state index is 11.7. The minimum Gasteiger partial charge on any atom is -0.497 e. The Labute approximate surface area is 140 Å². The molecule has 8 heteroatoms. The number of hydrogen-bond acceptors (Lipinski definition) is 7. The molecular formula is C16H23NO7. The van der Waals surface area contributed by atoms with Crippen molar-refractivity contribution < 1.29 is 33.6 Å². The highest BCUT2D eigenvalue weighted by Gasteiger charge is 2.29. The average molecular weight is 341 g/mol. The van der Waals surface area contributed by atoms with E-state index in [-0.39, 0.29) is 19.6 Å². The van der Waals surface area contributed by atoms with Crippen LogP contribution in [0.1, 0.15) is 13.3 Å². The first kappa shape index (κ1) is 19.6. The second-order valence-corrected chi connectivity index (χ2v) is 4.75. The Morgan fingerprint density at radius 1 is 1.17 bits per heavy atom. The lowest BCUT2D eigenvalue weighted by Gasteiger charge is -2.21. The van der Waals surface area contributed by atoms with Gasteiger partial charge in [0, 0.05) is 6.42 Å². The fourth-order valence-corrected chi connectivity index (χ4v) is 1.88. The van der Waals surface area contributed by atoms with Crippen molar-refractivity contribution in [3.63, 3.8) is 0 Å². The molecule has 0 heterocycles. The third-order valence-electron chi connectivity index (χ3n) is 3.13. The molecule has 0 radical (unpaired) electrons. The lowest BCUT2D eigenvalue weighted by molar-refractivity contribution is -0.146. The molecule has 0 aromatic heterocycles. The van der Waals surface area contributed by atoms with E-state index in [0.717, 1.165) is 0 Å². The molecule has 0 aliphatic rings. The van der Waals surface area contributed by atoms with Crippen molar-refractivity contribution in [1.29, 1.82) is 0 Å². The summed E-state index contributed by atoms with van der Waals surface area (Å²) < 4.78 is 19.8. The van der Waals surface area contributed by atoms with E-state index in [1.165, 1.54) is 7.11 Å². The zero-order valence-electron chi connectivity index (χ0n) is 14.0. The van der Waals surface area contributed by atoms with E-state index >= 15 is 0 Å². The highest BCUT2D eigenvalue weighted by Crippen LogP contribution is 2.17. The van der Waals surface area contributed by atoms with E-state index < -0.39 is 24.2 Å². The lowest BCUT2D eigenvalue weighted by Crippen LogP contribution is -2.49. The fourth-order valence-electron chi connectivity index (χ4n) is 1.88. The number of amides is 1. The Morgan fingerprint density at radius 3 is 2.33 bits per heavy atom. The number of alkyl carbamates (subject to hydrolysis) is 1. The Morgan fingerprint density at radius 2 is 1.79 bits per heavy atom. The molecule has 1 aromatic carbocycles. The summed E-state index contributed by atoms with van der Waals surface area (Å²) in [5.41, 5.74) is 0. The van der Waals surface area contributed by atoms with E-state index in [9.17, 15) is 14.7 Å². The van der Waals surface area contributed by atoms with Gasteiger partial charge < -0.3 is 29.4 Å². The van der Waals surface area contributed by atoms with Crippen LogP contribution in [0.15, 0.2) is 24.3 Å². The number of aliphatic hydroxyl groups excluding tert-OH is 1. The maximum absolute atomic E-state index is 11.7. The summed E-state index contributed by atoms with van der Waals surface area (Å²) >= 11 is 0. The smallest absolute Gasteiger partial charge is 0.407 e. The van der Waals surface area contributed by atoms with Crippen LogP contribution in [0.3, 0.4) is 0 Å². The summed E-state index contributed by atoms with van der Waals surface area (Å²) in [6.07, 6.45) is -1.87. The molecule has 2 N–H and O–H groups in total. The highest BCUT2D eigenvalue weighted by atomic mass is 16.6. The van der Waals surface area contributed by atoms with Crippen LogP contribution in [0.5, 0.6) is 11.5 Å². The molecule has 0 spiro atoms. The van der Waals surface area contributed by atoms with E-state index in [2.05, 4.69) is 10.1 Å². The molecule has 1 amide bonds. The third kappa shape index (κ3) is 6.33. The first-order valence-electron chi connectivity index (χ1n) is 7.47. The van der Waals surface area contributed by atoms with Gasteiger partial charge in [-0.2, -0.15) is 0 Å². The van der Waals surface area contributed by atoms with Gasteiger partial charge in [0.1, 0.15) is 11.5 Å². The van der Waals surface area contributed by atoms with Crippen molar-refractivity contribution in [1.82, 2.24) is 5.32 Å². The molecule has 0 aliphatic carbocycles. The predicted molar refractivity (Wildman–Crippen MR) is 85.1 cm³/mol. The minimum atomic E-state index is -1.23. The van der Waals surface area contributed by atoms with Crippen LogP contribution in [-0.4, -0.2) is 56.7 Å². The van der Waals surface area contributed by atoms with Crippen LogP contribution >= 0.6 is 0 Å². The summed E-state index contributed by atoms with van der Waals surface area (Å²) in [5.74, 6) is 0.530. The van der Waals surface area contributed by atoms with Gasteiger partial charge >= 0.3 is 12.1 Å². The zero-order chi connectivity index (χ0) is 17.9. The topological polar surface area (TPSA) is 103 Å². The van der Waals surface area contributed by atoms with Crippen LogP contribution in [0.25, 0.3) is 0 Å². The fraction of sp³-hybridized carbons (Fsp3) is 0.500. The van der Waals surface area contributed by atoms with E-state index in [1.807, 2.05) is 0 Å². The van der Waals surface area contributed by atoms with Gasteiger partial charge in [0.05, 0.1) is 33.5 Å². The van der Waals surface area contributed by atoms with Gasteiger partial charge in [-0.1, -0.05) is 0 Å². The molecule has 24 heavy (non-hydrogen) atoms. The molecule has 0 aliphatic heterocycles. The number of carbonyl (C=O) groups excluding carboxylic acids is 2. The van der Waals surface area contributed by atoms with Crippen LogP contribution in [0.2, 0.25) is 0 Å². The Bertz CT molecular complexity index is 518. The molecule has 8 nitrogen and oxygen atoms in total. The Kier molecular flexibility index (Phi) is 8.42. The number of nitrogens with one attached hydrogen (secondary N) is 1. The van der Waals surface area contributed by atoms with Gasteiger partial charge in [-0.05, 0) is 31.2 Å². The minimum absolute atomic E-state index is 0.109. The van der Waals surface area contributed by atoms with E-state index in [4.69, 9.17) is 14.2 Å². The maximum Gasteiger partial charge on any atom is 0.407 e. The van der Waals surface area contributed by atoms with Gasteiger partial charge in [0.25, 0.3) is 0 Å². The largest absolute Gasteiger partial charge is 0.497 e. The number of methoxy groups -OCH3 is 2. The summed E-state index contributed by atoms with van der Waals surface area (Å²) in [5, 5.41) is 12.4. The van der Waals surface area contributed by atoms with Crippen molar-refractivity contribution in [2.75, 3.05) is 27.4 Å². The SMILES string of the molecule is CCOC(=O)N[C@@H](C(=O)OC)[C@@H](O)CCOc1ccc(OC)cc1. The number of aliphatic hydroxyl groups is 1. The molecule has 0 saturated heterocycles. The van der Waals surface area contributed by atoms with Crippen LogP contribution in [0, 0.1) is 0 Å². The normalized spacial score (nSPS) is 12.7. The molecule has 0 unspecified atom stereocenters. The number of benzene rings is 1. The van der Waals surface area contributed by atoms with Crippen molar-refractivity contribution in [3.05, 3.63) is 24.3 Å². The first-order chi connectivity index (χ1) is 11.5. The zero-order valence-corrected chi connectivity index (χ0v) is 14.0. The Balaban J connectivity index is 2.52. The molecule has 1 aromatic rings. The standard InChI is InChI=1S/C16H23NO7/c1-4-23-16(20)17-14(15(19)22-3)13(18)9-10-24-12-7-5-11(21-2)6-8-12/h5-8,13-14,18H,4,9-10H2,1-3H3,(H,17,20)/t13-,14+/m0/s1. The summed E-state index contributed by atoms with van der Waals surface area (Å²) in [6, 6.07) is 5.70. The summed E-state index contributed by atoms with van der Waals surface area (Å²) in [6.45, 7) is 1.92. The molecule has 134 valence electrons. The van der Waals surface area contributed by atoms with Gasteiger partial charge in [-0.15, -0.1) is 0 Å². The molecule has 1 rings (SSSR count). The van der Waals surface area contributed by atoms with Crippen molar-refractivity contribution in [3.8, 4) is 11.5 Å². The van der Waals surface area contributed by atoms with Crippen molar-refractivity contribution in [2.45, 2.75) is 25.5 Å². The molecule has 0 bridgehead atoms. The van der Waals surface area contributed by atoms with Gasteiger partial charge in [-0.25, -0.2) is 9.59 Å². The molecule has 0 fully saturated rings. The molecule has 2 atom stereocenters. The monoisotopic (exact) mass is 341 g/mol. The van der Waals surface area contributed by atoms with Gasteiger partial charge in [0.15, 0.2) is 6.04 Å². The Hall–Kier alpha value is -2.48. The molecule has 0 saturated carbocycles. The average Bonchev–Trinajstić information content (AvgIpc) is 2.59. The quantitative estimate of drug-likeness (QED) is 0.649. The van der Waals surface area contributed by atoms with Crippen LogP contribution in [0.4, 0.5) is 4.79 Å². The van der Waals surface area contributed by atoms with Crippen molar-refractivity contribution >= 4 is 12.1 Å². The third-order valence-corrected chi connectivity index (χ3v) is 3.13. The van der Waals surface area contributed by atoms with Crippen LogP contribution < -0.4 is 14.8 Å². The van der Waals surface area contributed by atoms with E-state index in [0.29, 0.717) is 11.5 Å². The first-order valence-corrected chi connectivity index (χ1v) is 7.47. The van der Waals surface area contributed by atoms with E-state index in [1.54, 1.807) is 38.3 Å². The number of rotatable bonds is 9. The van der Waals surface area contributed by atoms with Crippen LogP contribution in [-0.2, 0) is 14.3 Å². The summed E-state index contributed by atoms with van der Waals surface area (Å²) in [7, 11) is 2.73. The summed E-state index contributed by atoms with van der Waals surface area (Å²) in [4.78, 5) is 23.1. The second-order valence-electron chi connectivity index (χ2n) is 4.75.